The topological polar surface area (TPSA) is 61.1 Å². The third kappa shape index (κ3) is 2.43. The number of rotatable bonds is 4. The summed E-state index contributed by atoms with van der Waals surface area (Å²) in [5, 5.41) is 0. The van der Waals surface area contributed by atoms with Crippen molar-refractivity contribution in [3.05, 3.63) is 33.1 Å². The van der Waals surface area contributed by atoms with E-state index in [1.165, 1.54) is 16.8 Å². The van der Waals surface area contributed by atoms with Crippen LogP contribution < -0.4 is 11.2 Å². The Balaban J connectivity index is 3.22. The van der Waals surface area contributed by atoms with Crippen LogP contribution in [0.15, 0.2) is 21.9 Å². The maximum atomic E-state index is 11.6. The molecular weight excluding hydrogens is 196 g/mol. The second kappa shape index (κ2) is 4.72. The van der Waals surface area contributed by atoms with Crippen molar-refractivity contribution in [2.45, 2.75) is 33.4 Å². The van der Waals surface area contributed by atoms with Crippen LogP contribution >= 0.6 is 0 Å². The smallest absolute Gasteiger partial charge is 0.301 e. The summed E-state index contributed by atoms with van der Waals surface area (Å²) >= 11 is 0. The van der Waals surface area contributed by atoms with E-state index in [9.17, 15) is 14.4 Å². The Labute approximate surface area is 87.0 Å². The predicted molar refractivity (Wildman–Crippen MR) is 55.9 cm³/mol. The maximum Gasteiger partial charge on any atom is 0.331 e. The average Bonchev–Trinajstić information content (AvgIpc) is 2.24. The van der Waals surface area contributed by atoms with E-state index in [0.717, 1.165) is 4.57 Å². The first kappa shape index (κ1) is 11.4. The lowest BCUT2D eigenvalue weighted by molar-refractivity contribution is -0.119. The molecule has 5 heteroatoms. The van der Waals surface area contributed by atoms with Crippen LogP contribution in [0.1, 0.15) is 20.3 Å². The Kier molecular flexibility index (Phi) is 3.60. The van der Waals surface area contributed by atoms with Crippen LogP contribution in [-0.4, -0.2) is 14.9 Å². The fourth-order valence-electron chi connectivity index (χ4n) is 1.23. The minimum Gasteiger partial charge on any atom is -0.301 e. The van der Waals surface area contributed by atoms with E-state index < -0.39 is 11.2 Å². The molecule has 0 aliphatic rings. The Bertz CT molecular complexity index is 470. The molecule has 5 nitrogen and oxygen atoms in total. The first-order valence-electron chi connectivity index (χ1n) is 4.92. The molecule has 1 aromatic heterocycles. The predicted octanol–water partition coefficient (Wildman–Crippen LogP) is 0.00900. The van der Waals surface area contributed by atoms with Crippen LogP contribution in [0.2, 0.25) is 0 Å². The number of Topliss-reactive ketones (excluding diaryl/α,β-unsaturated/α-hetero) is 1. The normalized spacial score (nSPS) is 10.3. The van der Waals surface area contributed by atoms with Crippen molar-refractivity contribution in [3.8, 4) is 0 Å². The number of hydrogen-bond acceptors (Lipinski definition) is 3. The zero-order valence-electron chi connectivity index (χ0n) is 8.90. The minimum atomic E-state index is -0.425. The van der Waals surface area contributed by atoms with Gasteiger partial charge in [0.2, 0.25) is 0 Å². The highest BCUT2D eigenvalue weighted by molar-refractivity contribution is 5.77. The van der Waals surface area contributed by atoms with Crippen molar-refractivity contribution in [2.24, 2.45) is 0 Å². The molecule has 1 aromatic rings. The molecule has 0 aromatic carbocycles. The lowest BCUT2D eigenvalue weighted by Crippen LogP contribution is -2.40. The van der Waals surface area contributed by atoms with Crippen molar-refractivity contribution in [1.82, 2.24) is 9.13 Å². The molecule has 0 saturated carbocycles. The Morgan fingerprint density at radius 1 is 1.33 bits per heavy atom. The third-order valence-electron chi connectivity index (χ3n) is 2.21. The highest BCUT2D eigenvalue weighted by Gasteiger charge is 2.07. The van der Waals surface area contributed by atoms with E-state index in [2.05, 4.69) is 0 Å². The molecule has 0 aliphatic heterocycles. The van der Waals surface area contributed by atoms with Crippen molar-refractivity contribution >= 4 is 5.78 Å². The van der Waals surface area contributed by atoms with Crippen LogP contribution in [0, 0.1) is 0 Å². The molecule has 0 N–H and O–H groups in total. The van der Waals surface area contributed by atoms with E-state index in [4.69, 9.17) is 0 Å². The van der Waals surface area contributed by atoms with Crippen molar-refractivity contribution in [1.29, 1.82) is 0 Å². The highest BCUT2D eigenvalue weighted by atomic mass is 16.2. The van der Waals surface area contributed by atoms with Gasteiger partial charge in [-0.2, -0.15) is 0 Å². The molecule has 0 fully saturated rings. The van der Waals surface area contributed by atoms with Gasteiger partial charge in [0, 0.05) is 25.2 Å². The van der Waals surface area contributed by atoms with E-state index in [0.29, 0.717) is 13.0 Å². The molecular formula is C10H14N2O3. The fraction of sp³-hybridized carbons (Fsp3) is 0.500. The molecule has 0 aliphatic carbocycles. The van der Waals surface area contributed by atoms with E-state index in [1.54, 1.807) is 13.8 Å². The largest absolute Gasteiger partial charge is 0.331 e. The van der Waals surface area contributed by atoms with Crippen LogP contribution in [-0.2, 0) is 17.9 Å². The van der Waals surface area contributed by atoms with Gasteiger partial charge in [-0.15, -0.1) is 0 Å². The molecule has 0 bridgehead atoms. The standard InChI is InChI=1S/C10H14N2O3/c1-3-8(13)7-12-9(14)5-6-11(4-2)10(12)15/h5-6H,3-4,7H2,1-2H3. The molecule has 15 heavy (non-hydrogen) atoms. The summed E-state index contributed by atoms with van der Waals surface area (Å²) in [7, 11) is 0. The van der Waals surface area contributed by atoms with E-state index in [-0.39, 0.29) is 12.3 Å². The third-order valence-corrected chi connectivity index (χ3v) is 2.21. The second-order valence-electron chi connectivity index (χ2n) is 3.20. The molecule has 82 valence electrons. The van der Waals surface area contributed by atoms with E-state index >= 15 is 0 Å². The van der Waals surface area contributed by atoms with Gasteiger partial charge in [-0.3, -0.25) is 14.2 Å². The summed E-state index contributed by atoms with van der Waals surface area (Å²) in [6, 6.07) is 1.30. The van der Waals surface area contributed by atoms with Gasteiger partial charge in [0.1, 0.15) is 0 Å². The minimum absolute atomic E-state index is 0.122. The fourth-order valence-corrected chi connectivity index (χ4v) is 1.23. The summed E-state index contributed by atoms with van der Waals surface area (Å²) in [4.78, 5) is 34.2. The van der Waals surface area contributed by atoms with Crippen LogP contribution in [0.25, 0.3) is 0 Å². The first-order valence-corrected chi connectivity index (χ1v) is 4.92. The van der Waals surface area contributed by atoms with Crippen molar-refractivity contribution in [2.75, 3.05) is 0 Å². The van der Waals surface area contributed by atoms with Gasteiger partial charge in [0.25, 0.3) is 5.56 Å². The van der Waals surface area contributed by atoms with Crippen molar-refractivity contribution < 1.29 is 4.79 Å². The molecule has 0 atom stereocenters. The average molecular weight is 210 g/mol. The van der Waals surface area contributed by atoms with E-state index in [1.807, 2.05) is 0 Å². The molecule has 0 radical (unpaired) electrons. The molecule has 0 spiro atoms. The first-order chi connectivity index (χ1) is 7.10. The van der Waals surface area contributed by atoms with Gasteiger partial charge in [0.15, 0.2) is 5.78 Å². The number of carbonyl (C=O) groups is 1. The summed E-state index contributed by atoms with van der Waals surface area (Å²) in [5.41, 5.74) is -0.849. The summed E-state index contributed by atoms with van der Waals surface area (Å²) in [6.07, 6.45) is 1.77. The van der Waals surface area contributed by atoms with Crippen LogP contribution in [0.4, 0.5) is 0 Å². The van der Waals surface area contributed by atoms with Crippen molar-refractivity contribution in [3.63, 3.8) is 0 Å². The van der Waals surface area contributed by atoms with Gasteiger partial charge >= 0.3 is 5.69 Å². The monoisotopic (exact) mass is 210 g/mol. The number of hydrogen-bond donors (Lipinski definition) is 0. The zero-order valence-corrected chi connectivity index (χ0v) is 8.90. The van der Waals surface area contributed by atoms with Gasteiger partial charge in [-0.05, 0) is 6.92 Å². The number of aryl methyl sites for hydroxylation is 1. The molecule has 1 rings (SSSR count). The van der Waals surface area contributed by atoms with Gasteiger partial charge in [0.05, 0.1) is 6.54 Å². The second-order valence-corrected chi connectivity index (χ2v) is 3.20. The number of ketones is 1. The number of aromatic nitrogens is 2. The number of carbonyl (C=O) groups excluding carboxylic acids is 1. The molecule has 0 unspecified atom stereocenters. The maximum absolute atomic E-state index is 11.6. The van der Waals surface area contributed by atoms with Crippen LogP contribution in [0.3, 0.4) is 0 Å². The molecule has 1 heterocycles. The highest BCUT2D eigenvalue weighted by Crippen LogP contribution is 1.84. The Morgan fingerprint density at radius 3 is 2.53 bits per heavy atom. The van der Waals surface area contributed by atoms with Gasteiger partial charge in [-0.25, -0.2) is 4.79 Å². The Morgan fingerprint density at radius 2 is 2.00 bits per heavy atom. The molecule has 0 saturated heterocycles. The lowest BCUT2D eigenvalue weighted by Gasteiger charge is -2.06. The summed E-state index contributed by atoms with van der Waals surface area (Å²) < 4.78 is 2.36. The molecule has 0 amide bonds. The summed E-state index contributed by atoms with van der Waals surface area (Å²) in [6.45, 7) is 3.86. The van der Waals surface area contributed by atoms with Crippen LogP contribution in [0.5, 0.6) is 0 Å². The zero-order chi connectivity index (χ0) is 11.4. The summed E-state index contributed by atoms with van der Waals surface area (Å²) in [5.74, 6) is -0.122. The number of nitrogens with zero attached hydrogens (tertiary/aromatic N) is 2. The Hall–Kier alpha value is -1.65. The van der Waals surface area contributed by atoms with Gasteiger partial charge < -0.3 is 4.57 Å². The lowest BCUT2D eigenvalue weighted by atomic mass is 10.3. The quantitative estimate of drug-likeness (QED) is 0.703. The SMILES string of the molecule is CCC(=O)Cn1c(=O)ccn(CC)c1=O. The van der Waals surface area contributed by atoms with Gasteiger partial charge in [-0.1, -0.05) is 6.92 Å².